The maximum Gasteiger partial charge on any atom is 0.258 e. The van der Waals surface area contributed by atoms with E-state index in [-0.39, 0.29) is 0 Å². The lowest BCUT2D eigenvalue weighted by molar-refractivity contribution is 0.623. The highest BCUT2D eigenvalue weighted by atomic mass is 19.1. The third kappa shape index (κ3) is 3.00. The van der Waals surface area contributed by atoms with Gasteiger partial charge in [0.05, 0.1) is 11.6 Å². The van der Waals surface area contributed by atoms with Crippen molar-refractivity contribution in [3.05, 3.63) is 54.2 Å². The largest absolute Gasteiger partial charge is 0.329 e. The first-order chi connectivity index (χ1) is 12.1. The van der Waals surface area contributed by atoms with Crippen LogP contribution in [0.4, 0.5) is 15.9 Å². The Morgan fingerprint density at radius 1 is 1.16 bits per heavy atom. The van der Waals surface area contributed by atoms with Crippen molar-refractivity contribution in [2.45, 2.75) is 20.8 Å². The zero-order valence-corrected chi connectivity index (χ0v) is 14.6. The molecule has 0 aliphatic rings. The molecule has 0 radical (unpaired) electrons. The molecule has 0 amide bonds. The molecule has 0 unspecified atom stereocenters. The fraction of sp³-hybridized carbons (Fsp3) is 0.222. The van der Waals surface area contributed by atoms with Crippen molar-refractivity contribution in [1.82, 2.24) is 24.6 Å². The summed E-state index contributed by atoms with van der Waals surface area (Å²) in [5.41, 5.74) is 2.65. The van der Waals surface area contributed by atoms with E-state index in [1.54, 1.807) is 4.40 Å². The van der Waals surface area contributed by atoms with Gasteiger partial charge in [0.1, 0.15) is 18.0 Å². The van der Waals surface area contributed by atoms with Gasteiger partial charge in [-0.25, -0.2) is 13.8 Å². The van der Waals surface area contributed by atoms with E-state index in [4.69, 9.17) is 0 Å². The number of anilines is 2. The Morgan fingerprint density at radius 2 is 1.96 bits per heavy atom. The van der Waals surface area contributed by atoms with Crippen LogP contribution >= 0.6 is 0 Å². The van der Waals surface area contributed by atoms with Gasteiger partial charge in [-0.1, -0.05) is 26.0 Å². The minimum absolute atomic E-state index is 0.411. The molecule has 0 saturated heterocycles. The number of pyridine rings is 1. The minimum Gasteiger partial charge on any atom is -0.329 e. The van der Waals surface area contributed by atoms with Crippen molar-refractivity contribution in [3.63, 3.8) is 0 Å². The Hall–Kier alpha value is -3.09. The molecule has 0 saturated carbocycles. The molecule has 7 heteroatoms. The van der Waals surface area contributed by atoms with E-state index in [2.05, 4.69) is 20.2 Å². The monoisotopic (exact) mass is 338 g/mol. The van der Waals surface area contributed by atoms with Gasteiger partial charge in [0.25, 0.3) is 5.78 Å². The Balaban J connectivity index is 0.000000880. The van der Waals surface area contributed by atoms with Crippen LogP contribution in [-0.2, 0) is 0 Å². The molecule has 0 fully saturated rings. The second kappa shape index (κ2) is 6.80. The molecule has 0 spiro atoms. The number of halogens is 1. The number of aryl methyl sites for hydroxylation is 1. The Kier molecular flexibility index (Phi) is 4.56. The highest BCUT2D eigenvalue weighted by Gasteiger charge is 2.16. The van der Waals surface area contributed by atoms with Crippen molar-refractivity contribution in [2.24, 2.45) is 0 Å². The van der Waals surface area contributed by atoms with E-state index in [9.17, 15) is 4.39 Å². The summed E-state index contributed by atoms with van der Waals surface area (Å²) >= 11 is 0. The summed E-state index contributed by atoms with van der Waals surface area (Å²) in [6.45, 7) is 6.02. The predicted molar refractivity (Wildman–Crippen MR) is 96.6 cm³/mol. The van der Waals surface area contributed by atoms with Gasteiger partial charge in [0.15, 0.2) is 5.65 Å². The summed E-state index contributed by atoms with van der Waals surface area (Å²) < 4.78 is 15.4. The SMILES string of the molecule is CC.Cc1cccc(N(C)c2nc3nncn3c3ncc(F)cc23)c1. The van der Waals surface area contributed by atoms with E-state index < -0.39 is 5.82 Å². The maximum atomic E-state index is 13.7. The van der Waals surface area contributed by atoms with Crippen molar-refractivity contribution >= 4 is 28.3 Å². The standard InChI is InChI=1S/C16H13FN6.C2H6/c1-10-4-3-5-12(6-10)22(2)15-13-7-11(17)8-18-14(13)23-9-19-21-16(23)20-15;1-2/h3-9H,1-2H3;1-2H3. The Morgan fingerprint density at radius 3 is 2.72 bits per heavy atom. The summed E-state index contributed by atoms with van der Waals surface area (Å²) in [4.78, 5) is 10.6. The van der Waals surface area contributed by atoms with Crippen LogP contribution in [0.1, 0.15) is 19.4 Å². The summed E-state index contributed by atoms with van der Waals surface area (Å²) in [5, 5.41) is 8.44. The second-order valence-electron chi connectivity index (χ2n) is 5.36. The van der Waals surface area contributed by atoms with Gasteiger partial charge in [-0.2, -0.15) is 4.98 Å². The molecule has 0 aliphatic heterocycles. The van der Waals surface area contributed by atoms with Crippen molar-refractivity contribution < 1.29 is 4.39 Å². The fourth-order valence-electron chi connectivity index (χ4n) is 2.61. The molecule has 0 atom stereocenters. The first-order valence-electron chi connectivity index (χ1n) is 8.09. The van der Waals surface area contributed by atoms with Crippen molar-refractivity contribution in [3.8, 4) is 0 Å². The topological polar surface area (TPSA) is 59.2 Å². The fourth-order valence-corrected chi connectivity index (χ4v) is 2.61. The number of hydrogen-bond acceptors (Lipinski definition) is 5. The van der Waals surface area contributed by atoms with E-state index in [0.29, 0.717) is 22.6 Å². The average Bonchev–Trinajstić information content (AvgIpc) is 3.10. The Labute approximate surface area is 145 Å². The number of aromatic nitrogens is 5. The Bertz CT molecular complexity index is 1030. The molecule has 3 heterocycles. The third-order valence-corrected chi connectivity index (χ3v) is 3.74. The molecule has 3 aromatic heterocycles. The van der Waals surface area contributed by atoms with E-state index in [1.165, 1.54) is 18.6 Å². The van der Waals surface area contributed by atoms with Crippen LogP contribution in [0.3, 0.4) is 0 Å². The van der Waals surface area contributed by atoms with E-state index in [1.807, 2.05) is 57.0 Å². The van der Waals surface area contributed by atoms with Crippen LogP contribution in [0.5, 0.6) is 0 Å². The van der Waals surface area contributed by atoms with Gasteiger partial charge in [-0.15, -0.1) is 10.2 Å². The first kappa shape index (κ1) is 16.8. The van der Waals surface area contributed by atoms with Gasteiger partial charge in [0, 0.05) is 12.7 Å². The number of rotatable bonds is 2. The van der Waals surface area contributed by atoms with Crippen LogP contribution in [0.2, 0.25) is 0 Å². The smallest absolute Gasteiger partial charge is 0.258 e. The van der Waals surface area contributed by atoms with Crippen LogP contribution in [-0.4, -0.2) is 31.6 Å². The van der Waals surface area contributed by atoms with Crippen LogP contribution < -0.4 is 4.90 Å². The van der Waals surface area contributed by atoms with Gasteiger partial charge < -0.3 is 4.90 Å². The number of fused-ring (bicyclic) bond motifs is 3. The molecule has 6 nitrogen and oxygen atoms in total. The van der Waals surface area contributed by atoms with Crippen LogP contribution in [0.25, 0.3) is 16.8 Å². The molecule has 0 bridgehead atoms. The number of nitrogens with zero attached hydrogens (tertiary/aromatic N) is 6. The maximum absolute atomic E-state index is 13.7. The normalized spacial score (nSPS) is 10.6. The highest BCUT2D eigenvalue weighted by molar-refractivity contribution is 5.91. The molecule has 128 valence electrons. The molecule has 0 aliphatic carbocycles. The summed E-state index contributed by atoms with van der Waals surface area (Å²) in [6.07, 6.45) is 2.70. The minimum atomic E-state index is -0.411. The number of hydrogen-bond donors (Lipinski definition) is 0. The zero-order valence-electron chi connectivity index (χ0n) is 14.6. The lowest BCUT2D eigenvalue weighted by Gasteiger charge is -2.20. The second-order valence-corrected chi connectivity index (χ2v) is 5.36. The van der Waals surface area contributed by atoms with E-state index >= 15 is 0 Å². The molecule has 0 N–H and O–H groups in total. The summed E-state index contributed by atoms with van der Waals surface area (Å²) in [6, 6.07) is 9.43. The number of benzene rings is 1. The lowest BCUT2D eigenvalue weighted by Crippen LogP contribution is -2.13. The molecular weight excluding hydrogens is 319 g/mol. The molecule has 4 rings (SSSR count). The van der Waals surface area contributed by atoms with Crippen molar-refractivity contribution in [1.29, 1.82) is 0 Å². The zero-order chi connectivity index (χ0) is 18.0. The summed E-state index contributed by atoms with van der Waals surface area (Å²) in [7, 11) is 1.88. The van der Waals surface area contributed by atoms with Crippen LogP contribution in [0.15, 0.2) is 42.9 Å². The van der Waals surface area contributed by atoms with Gasteiger partial charge in [-0.3, -0.25) is 0 Å². The molecule has 1 aromatic carbocycles. The molecular formula is C18H19FN6. The van der Waals surface area contributed by atoms with Gasteiger partial charge in [-0.05, 0) is 30.7 Å². The molecule has 25 heavy (non-hydrogen) atoms. The van der Waals surface area contributed by atoms with Gasteiger partial charge in [0.2, 0.25) is 0 Å². The predicted octanol–water partition coefficient (Wildman–Crippen LogP) is 3.91. The highest BCUT2D eigenvalue weighted by Crippen LogP contribution is 2.29. The third-order valence-electron chi connectivity index (χ3n) is 3.74. The summed E-state index contributed by atoms with van der Waals surface area (Å²) in [5.74, 6) is 0.592. The quantitative estimate of drug-likeness (QED) is 0.554. The average molecular weight is 338 g/mol. The van der Waals surface area contributed by atoms with Crippen molar-refractivity contribution in [2.75, 3.05) is 11.9 Å². The van der Waals surface area contributed by atoms with Gasteiger partial charge >= 0.3 is 0 Å². The molecule has 4 aromatic rings. The van der Waals surface area contributed by atoms with Crippen LogP contribution in [0, 0.1) is 12.7 Å². The van der Waals surface area contributed by atoms with E-state index in [0.717, 1.165) is 11.3 Å². The lowest BCUT2D eigenvalue weighted by atomic mass is 10.2. The first-order valence-corrected chi connectivity index (χ1v) is 8.09.